The summed E-state index contributed by atoms with van der Waals surface area (Å²) in [6.07, 6.45) is 2.29. The smallest absolute Gasteiger partial charge is 0.411 e. The highest BCUT2D eigenvalue weighted by Crippen LogP contribution is 2.41. The highest BCUT2D eigenvalue weighted by atomic mass is 19.1. The quantitative estimate of drug-likeness (QED) is 0.370. The van der Waals surface area contributed by atoms with Gasteiger partial charge in [-0.15, -0.1) is 0 Å². The minimum absolute atomic E-state index is 0.000737. The molecule has 1 aliphatic rings. The van der Waals surface area contributed by atoms with Gasteiger partial charge >= 0.3 is 6.09 Å². The van der Waals surface area contributed by atoms with Gasteiger partial charge in [0.2, 0.25) is 0 Å². The first kappa shape index (κ1) is 23.8. The summed E-state index contributed by atoms with van der Waals surface area (Å²) < 4.78 is 20.3. The number of hydrogen-bond donors (Lipinski definition) is 0. The molecule has 4 rings (SSSR count). The van der Waals surface area contributed by atoms with Crippen molar-refractivity contribution in [1.29, 1.82) is 0 Å². The zero-order valence-electron chi connectivity index (χ0n) is 20.2. The summed E-state index contributed by atoms with van der Waals surface area (Å²) in [5.41, 5.74) is 2.12. The zero-order chi connectivity index (χ0) is 24.5. The largest absolute Gasteiger partial charge is 0.444 e. The fourth-order valence-electron chi connectivity index (χ4n) is 5.07. The van der Waals surface area contributed by atoms with Gasteiger partial charge in [-0.25, -0.2) is 14.0 Å². The van der Waals surface area contributed by atoms with E-state index >= 15 is 0 Å². The van der Waals surface area contributed by atoms with E-state index in [1.54, 1.807) is 12.1 Å². The van der Waals surface area contributed by atoms with Crippen LogP contribution in [0.15, 0.2) is 60.7 Å². The van der Waals surface area contributed by atoms with Crippen molar-refractivity contribution in [3.63, 3.8) is 0 Å². The Hall–Kier alpha value is -3.39. The molecular formula is C29H31FN2O2. The van der Waals surface area contributed by atoms with Gasteiger partial charge < -0.3 is 4.74 Å². The van der Waals surface area contributed by atoms with Gasteiger partial charge in [-0.3, -0.25) is 4.90 Å². The Morgan fingerprint density at radius 1 is 1.06 bits per heavy atom. The molecule has 0 aliphatic heterocycles. The second-order valence-corrected chi connectivity index (χ2v) is 10.1. The molecule has 3 aromatic carbocycles. The number of ether oxygens (including phenoxy) is 1. The van der Waals surface area contributed by atoms with E-state index in [1.165, 1.54) is 11.6 Å². The average Bonchev–Trinajstić information content (AvgIpc) is 3.28. The van der Waals surface area contributed by atoms with Gasteiger partial charge in [-0.2, -0.15) is 0 Å². The first-order valence-corrected chi connectivity index (χ1v) is 11.8. The van der Waals surface area contributed by atoms with Crippen LogP contribution >= 0.6 is 0 Å². The van der Waals surface area contributed by atoms with Crippen LogP contribution in [0, 0.1) is 12.4 Å². The number of carbonyl (C=O) groups excluding carboxylic acids is 1. The van der Waals surface area contributed by atoms with Crippen molar-refractivity contribution in [3.05, 3.63) is 89.0 Å². The predicted molar refractivity (Wildman–Crippen MR) is 133 cm³/mol. The molecule has 1 amide bonds. The van der Waals surface area contributed by atoms with E-state index in [2.05, 4.69) is 4.85 Å². The second kappa shape index (κ2) is 9.46. The molecule has 176 valence electrons. The maximum Gasteiger partial charge on any atom is 0.411 e. The Morgan fingerprint density at radius 3 is 2.38 bits per heavy atom. The van der Waals surface area contributed by atoms with Crippen molar-refractivity contribution in [3.8, 4) is 0 Å². The number of amides is 1. The van der Waals surface area contributed by atoms with E-state index in [9.17, 15) is 9.18 Å². The summed E-state index contributed by atoms with van der Waals surface area (Å²) >= 11 is 0. The lowest BCUT2D eigenvalue weighted by molar-refractivity contribution is 0.00693. The molecule has 0 heterocycles. The molecule has 4 nitrogen and oxygen atoms in total. The van der Waals surface area contributed by atoms with Gasteiger partial charge in [0.25, 0.3) is 0 Å². The molecule has 0 bridgehead atoms. The summed E-state index contributed by atoms with van der Waals surface area (Å²) in [6.45, 7) is 14.8. The molecular weight excluding hydrogens is 427 g/mol. The number of hydrogen-bond acceptors (Lipinski definition) is 2. The highest BCUT2D eigenvalue weighted by Gasteiger charge is 2.38. The number of rotatable bonds is 4. The zero-order valence-corrected chi connectivity index (χ0v) is 20.2. The van der Waals surface area contributed by atoms with Gasteiger partial charge in [0.15, 0.2) is 5.69 Å². The normalized spacial score (nSPS) is 18.9. The fourth-order valence-corrected chi connectivity index (χ4v) is 5.07. The molecule has 1 aliphatic carbocycles. The van der Waals surface area contributed by atoms with Gasteiger partial charge in [-0.1, -0.05) is 54.6 Å². The fraction of sp³-hybridized carbons (Fsp3) is 0.379. The molecule has 0 N–H and O–H groups in total. The minimum Gasteiger partial charge on any atom is -0.444 e. The molecule has 0 radical (unpaired) electrons. The number of carbonyl (C=O) groups is 1. The SMILES string of the molecule is [C-]#[N+]c1ccc([C@@H]2CC[C@H](N(C(=O)OC(C)(C)C)[C@H](C)c3ccc(F)c4ccccc34)C2)cc1. The van der Waals surface area contributed by atoms with Crippen molar-refractivity contribution in [2.45, 2.75) is 70.6 Å². The van der Waals surface area contributed by atoms with Crippen LogP contribution in [0.25, 0.3) is 15.6 Å². The third-order valence-corrected chi connectivity index (χ3v) is 6.67. The van der Waals surface area contributed by atoms with Crippen molar-refractivity contribution < 1.29 is 13.9 Å². The molecule has 3 atom stereocenters. The summed E-state index contributed by atoms with van der Waals surface area (Å²) in [7, 11) is 0. The van der Waals surface area contributed by atoms with E-state index in [1.807, 2.05) is 75.1 Å². The van der Waals surface area contributed by atoms with E-state index in [-0.39, 0.29) is 24.0 Å². The summed E-state index contributed by atoms with van der Waals surface area (Å²) in [5.74, 6) is 0.0473. The van der Waals surface area contributed by atoms with Crippen LogP contribution in [-0.4, -0.2) is 22.6 Å². The number of nitrogens with zero attached hydrogens (tertiary/aromatic N) is 2. The van der Waals surface area contributed by atoms with Crippen LogP contribution in [0.1, 0.15) is 70.0 Å². The molecule has 1 saturated carbocycles. The molecule has 0 aromatic heterocycles. The summed E-state index contributed by atoms with van der Waals surface area (Å²) in [5, 5.41) is 1.37. The van der Waals surface area contributed by atoms with Gasteiger partial charge in [0, 0.05) is 11.4 Å². The van der Waals surface area contributed by atoms with Gasteiger partial charge in [0.05, 0.1) is 12.6 Å². The molecule has 3 aromatic rings. The topological polar surface area (TPSA) is 33.9 Å². The van der Waals surface area contributed by atoms with E-state index < -0.39 is 5.60 Å². The summed E-state index contributed by atoms with van der Waals surface area (Å²) in [4.78, 5) is 18.8. The molecule has 5 heteroatoms. The molecule has 0 saturated heterocycles. The second-order valence-electron chi connectivity index (χ2n) is 10.1. The Morgan fingerprint density at radius 2 is 1.74 bits per heavy atom. The highest BCUT2D eigenvalue weighted by molar-refractivity contribution is 5.87. The lowest BCUT2D eigenvalue weighted by atomic mass is 9.95. The molecule has 1 fully saturated rings. The summed E-state index contributed by atoms with van der Waals surface area (Å²) in [6, 6.07) is 18.2. The lowest BCUT2D eigenvalue weighted by Crippen LogP contribution is -2.44. The van der Waals surface area contributed by atoms with E-state index in [0.717, 1.165) is 30.2 Å². The van der Waals surface area contributed by atoms with Crippen LogP contribution < -0.4 is 0 Å². The Bertz CT molecular complexity index is 1220. The average molecular weight is 459 g/mol. The predicted octanol–water partition coefficient (Wildman–Crippen LogP) is 8.16. The van der Waals surface area contributed by atoms with Gasteiger partial charge in [-0.05, 0) is 75.5 Å². The van der Waals surface area contributed by atoms with E-state index in [4.69, 9.17) is 11.3 Å². The van der Waals surface area contributed by atoms with E-state index in [0.29, 0.717) is 17.0 Å². The van der Waals surface area contributed by atoms with Crippen molar-refractivity contribution in [1.82, 2.24) is 4.90 Å². The monoisotopic (exact) mass is 458 g/mol. The first-order chi connectivity index (χ1) is 16.2. The van der Waals surface area contributed by atoms with Crippen LogP contribution in [0.2, 0.25) is 0 Å². The third kappa shape index (κ3) is 4.92. The van der Waals surface area contributed by atoms with Gasteiger partial charge in [0.1, 0.15) is 11.4 Å². The Kier molecular flexibility index (Phi) is 6.61. The molecule has 34 heavy (non-hydrogen) atoms. The maximum atomic E-state index is 14.5. The molecule has 0 unspecified atom stereocenters. The van der Waals surface area contributed by atoms with Crippen LogP contribution in [0.5, 0.6) is 0 Å². The van der Waals surface area contributed by atoms with Crippen molar-refractivity contribution in [2.75, 3.05) is 0 Å². The lowest BCUT2D eigenvalue weighted by Gasteiger charge is -2.37. The number of benzene rings is 3. The minimum atomic E-state index is -0.618. The van der Waals surface area contributed by atoms with Crippen LogP contribution in [0.3, 0.4) is 0 Å². The third-order valence-electron chi connectivity index (χ3n) is 6.67. The maximum absolute atomic E-state index is 14.5. The van der Waals surface area contributed by atoms with Crippen LogP contribution in [0.4, 0.5) is 14.9 Å². The standard InChI is InChI=1S/C29H31FN2O2/c1-19(24-16-17-27(30)26-9-7-6-8-25(24)26)32(28(33)34-29(2,3)4)23-15-12-21(18-23)20-10-13-22(31-5)14-11-20/h6-11,13-14,16-17,19,21,23H,12,15,18H2,1-4H3/t19-,21-,23+/m1/s1. The number of halogens is 1. The first-order valence-electron chi connectivity index (χ1n) is 11.8. The number of fused-ring (bicyclic) bond motifs is 1. The van der Waals surface area contributed by atoms with Crippen LogP contribution in [-0.2, 0) is 4.74 Å². The Labute approximate surface area is 201 Å². The van der Waals surface area contributed by atoms with Crippen molar-refractivity contribution in [2.24, 2.45) is 0 Å². The Balaban J connectivity index is 1.67. The van der Waals surface area contributed by atoms with Crippen molar-refractivity contribution >= 4 is 22.6 Å². The molecule has 0 spiro atoms.